The van der Waals surface area contributed by atoms with Crippen LogP contribution in [0, 0.1) is 17.3 Å². The highest BCUT2D eigenvalue weighted by Crippen LogP contribution is 2.41. The molecule has 3 aromatic rings. The van der Waals surface area contributed by atoms with Crippen molar-refractivity contribution < 1.29 is 14.0 Å². The van der Waals surface area contributed by atoms with Crippen LogP contribution in [0.2, 0.25) is 10.0 Å². The fourth-order valence-electron chi connectivity index (χ4n) is 4.42. The van der Waals surface area contributed by atoms with Crippen molar-refractivity contribution in [1.82, 2.24) is 15.2 Å². The summed E-state index contributed by atoms with van der Waals surface area (Å²) in [4.78, 5) is 32.4. The number of nitriles is 1. The topological polar surface area (TPSA) is 86.1 Å². The van der Waals surface area contributed by atoms with Gasteiger partial charge in [0.1, 0.15) is 5.54 Å². The van der Waals surface area contributed by atoms with E-state index in [1.165, 1.54) is 30.3 Å². The second kappa shape index (κ2) is 9.51. The molecule has 0 bridgehead atoms. The maximum Gasteiger partial charge on any atom is 0.259 e. The van der Waals surface area contributed by atoms with Gasteiger partial charge in [0, 0.05) is 37.8 Å². The zero-order valence-corrected chi connectivity index (χ0v) is 19.6. The van der Waals surface area contributed by atoms with Gasteiger partial charge in [-0.1, -0.05) is 41.4 Å². The van der Waals surface area contributed by atoms with Gasteiger partial charge in [0.25, 0.3) is 5.91 Å². The lowest BCUT2D eigenvalue weighted by atomic mass is 9.75. The van der Waals surface area contributed by atoms with Gasteiger partial charge in [-0.2, -0.15) is 9.65 Å². The minimum atomic E-state index is -1.41. The lowest BCUT2D eigenvalue weighted by molar-refractivity contribution is 0.0473. The number of aromatic nitrogens is 1. The zero-order chi connectivity index (χ0) is 24.5. The molecule has 2 heterocycles. The minimum absolute atomic E-state index is 0.126. The molecule has 1 saturated heterocycles. The third kappa shape index (κ3) is 4.05. The Morgan fingerprint density at radius 3 is 2.56 bits per heavy atom. The van der Waals surface area contributed by atoms with Crippen LogP contribution in [-0.2, 0) is 0 Å². The normalized spacial score (nSPS) is 19.4. The number of nitrogens with zero attached hydrogens (tertiary/aromatic N) is 3. The van der Waals surface area contributed by atoms with Crippen LogP contribution in [0.4, 0.5) is 4.39 Å². The molecule has 2 atom stereocenters. The molecule has 0 unspecified atom stereocenters. The molecule has 0 spiro atoms. The maximum absolute atomic E-state index is 14.4. The molecule has 1 fully saturated rings. The van der Waals surface area contributed by atoms with Crippen LogP contribution in [0.25, 0.3) is 0 Å². The summed E-state index contributed by atoms with van der Waals surface area (Å²) in [6, 6.07) is 16.1. The first-order valence-electron chi connectivity index (χ1n) is 10.4. The number of hydrogen-bond acceptors (Lipinski definition) is 5. The predicted octanol–water partition coefficient (Wildman–Crippen LogP) is 4.48. The molecule has 1 N–H and O–H groups in total. The number of nitrogens with one attached hydrogen (secondary N) is 1. The monoisotopic (exact) mass is 496 g/mol. The van der Waals surface area contributed by atoms with Crippen LogP contribution in [0.1, 0.15) is 37.8 Å². The minimum Gasteiger partial charge on any atom is -0.326 e. The van der Waals surface area contributed by atoms with Crippen molar-refractivity contribution in [2.75, 3.05) is 20.1 Å². The highest BCUT2D eigenvalue weighted by atomic mass is 35.5. The fraction of sp³-hybridized carbons (Fsp3) is 0.200. The lowest BCUT2D eigenvalue weighted by Crippen LogP contribution is -2.59. The Bertz CT molecular complexity index is 1310. The van der Waals surface area contributed by atoms with Crippen molar-refractivity contribution in [3.63, 3.8) is 0 Å². The van der Waals surface area contributed by atoms with E-state index in [4.69, 9.17) is 28.5 Å². The number of ketones is 1. The second-order valence-electron chi connectivity index (χ2n) is 8.01. The Balaban J connectivity index is 1.87. The number of carbonyl (C=O) groups excluding carboxylic acids is 2. The summed E-state index contributed by atoms with van der Waals surface area (Å²) in [6.07, 6.45) is 1.25. The molecule has 172 valence electrons. The van der Waals surface area contributed by atoms with E-state index < -0.39 is 23.3 Å². The van der Waals surface area contributed by atoms with Gasteiger partial charge in [-0.05, 0) is 42.0 Å². The van der Waals surface area contributed by atoms with Crippen molar-refractivity contribution in [3.8, 4) is 6.07 Å². The Hall–Kier alpha value is -3.31. The van der Waals surface area contributed by atoms with Crippen molar-refractivity contribution in [3.05, 3.63) is 99.0 Å². The standard InChI is InChI=1S/C25H19Cl2FN4O2/c1-32(24(34)18-3-2-10-31-23(18)28)25(22(33)16-6-4-15(12-29)5-7-16)14-30-13-19(25)17-8-9-20(26)21(27)11-17/h2-11,19,30H,13-14H2,1H3/t19-,25+/m0/s1. The summed E-state index contributed by atoms with van der Waals surface area (Å²) in [5, 5.41) is 13.0. The van der Waals surface area contributed by atoms with Crippen molar-refractivity contribution in [2.45, 2.75) is 11.5 Å². The third-order valence-corrected chi connectivity index (χ3v) is 6.97. The molecule has 1 aliphatic heterocycles. The van der Waals surface area contributed by atoms with E-state index in [0.717, 1.165) is 0 Å². The average Bonchev–Trinajstić information content (AvgIpc) is 3.31. The molecule has 2 aromatic carbocycles. The fourth-order valence-corrected chi connectivity index (χ4v) is 4.73. The Morgan fingerprint density at radius 1 is 1.18 bits per heavy atom. The first kappa shape index (κ1) is 23.8. The van der Waals surface area contributed by atoms with Crippen LogP contribution in [-0.4, -0.2) is 47.3 Å². The summed E-state index contributed by atoms with van der Waals surface area (Å²) in [5.74, 6) is -2.46. The highest BCUT2D eigenvalue weighted by Gasteiger charge is 2.54. The quantitative estimate of drug-likeness (QED) is 0.415. The second-order valence-corrected chi connectivity index (χ2v) is 8.82. The molecule has 0 aliphatic carbocycles. The van der Waals surface area contributed by atoms with Crippen molar-refractivity contribution in [1.29, 1.82) is 5.26 Å². The van der Waals surface area contributed by atoms with Gasteiger partial charge in [-0.3, -0.25) is 9.59 Å². The number of hydrogen-bond donors (Lipinski definition) is 1. The first-order chi connectivity index (χ1) is 16.3. The SMILES string of the molecule is CN(C(=O)c1cccnc1F)[C@]1(C(=O)c2ccc(C#N)cc2)CNC[C@H]1c1ccc(Cl)c(Cl)c1. The van der Waals surface area contributed by atoms with Gasteiger partial charge in [0.15, 0.2) is 5.78 Å². The zero-order valence-electron chi connectivity index (χ0n) is 18.1. The Kier molecular flexibility index (Phi) is 6.67. The van der Waals surface area contributed by atoms with Crippen LogP contribution >= 0.6 is 23.2 Å². The Labute approximate surface area is 205 Å². The molecule has 9 heteroatoms. The summed E-state index contributed by atoms with van der Waals surface area (Å²) < 4.78 is 14.4. The van der Waals surface area contributed by atoms with E-state index >= 15 is 0 Å². The van der Waals surface area contributed by atoms with Gasteiger partial charge >= 0.3 is 0 Å². The predicted molar refractivity (Wildman–Crippen MR) is 127 cm³/mol. The summed E-state index contributed by atoms with van der Waals surface area (Å²) in [7, 11) is 1.48. The van der Waals surface area contributed by atoms with Crippen LogP contribution in [0.3, 0.4) is 0 Å². The summed E-state index contributed by atoms with van der Waals surface area (Å²) >= 11 is 12.4. The lowest BCUT2D eigenvalue weighted by Gasteiger charge is -2.41. The molecule has 0 saturated carbocycles. The van der Waals surface area contributed by atoms with Crippen LogP contribution in [0.15, 0.2) is 60.8 Å². The number of Topliss-reactive ketones (excluding diaryl/α,β-unsaturated/α-hetero) is 1. The average molecular weight is 497 g/mol. The largest absolute Gasteiger partial charge is 0.326 e. The van der Waals surface area contributed by atoms with Gasteiger partial charge in [0.2, 0.25) is 5.95 Å². The van der Waals surface area contributed by atoms with Crippen molar-refractivity contribution >= 4 is 34.9 Å². The number of benzene rings is 2. The van der Waals surface area contributed by atoms with E-state index in [9.17, 15) is 14.0 Å². The number of pyridine rings is 1. The number of amides is 1. The molecular formula is C25H19Cl2FN4O2. The van der Waals surface area contributed by atoms with Crippen molar-refractivity contribution in [2.24, 2.45) is 0 Å². The van der Waals surface area contributed by atoms with E-state index in [2.05, 4.69) is 10.3 Å². The van der Waals surface area contributed by atoms with E-state index in [0.29, 0.717) is 33.3 Å². The van der Waals surface area contributed by atoms with Gasteiger partial charge in [-0.15, -0.1) is 0 Å². The number of carbonyl (C=O) groups is 2. The summed E-state index contributed by atoms with van der Waals surface area (Å²) in [6.45, 7) is 0.494. The van der Waals surface area contributed by atoms with Gasteiger partial charge < -0.3 is 10.2 Å². The molecule has 34 heavy (non-hydrogen) atoms. The van der Waals surface area contributed by atoms with E-state index in [-0.39, 0.29) is 17.9 Å². The molecular weight excluding hydrogens is 478 g/mol. The van der Waals surface area contributed by atoms with E-state index in [1.54, 1.807) is 42.5 Å². The van der Waals surface area contributed by atoms with Crippen LogP contribution < -0.4 is 5.32 Å². The molecule has 6 nitrogen and oxygen atoms in total. The maximum atomic E-state index is 14.4. The number of rotatable bonds is 5. The van der Waals surface area contributed by atoms with Gasteiger partial charge in [0.05, 0.1) is 27.2 Å². The van der Waals surface area contributed by atoms with Gasteiger partial charge in [-0.25, -0.2) is 4.98 Å². The van der Waals surface area contributed by atoms with E-state index in [1.807, 2.05) is 6.07 Å². The Morgan fingerprint density at radius 2 is 1.91 bits per heavy atom. The van der Waals surface area contributed by atoms with Crippen LogP contribution in [0.5, 0.6) is 0 Å². The molecule has 1 aliphatic rings. The molecule has 1 aromatic heterocycles. The highest BCUT2D eigenvalue weighted by molar-refractivity contribution is 6.42. The molecule has 0 radical (unpaired) electrons. The molecule has 1 amide bonds. The summed E-state index contributed by atoms with van der Waals surface area (Å²) in [5.41, 5.74) is -0.230. The first-order valence-corrected chi connectivity index (χ1v) is 11.1. The third-order valence-electron chi connectivity index (χ3n) is 6.23. The smallest absolute Gasteiger partial charge is 0.259 e. The number of halogens is 3. The molecule has 4 rings (SSSR count). The number of likely N-dealkylation sites (N-methyl/N-ethyl adjacent to an activating group) is 1.